The maximum atomic E-state index is 12.9. The Hall–Kier alpha value is -1.78. The van der Waals surface area contributed by atoms with Gasteiger partial charge < -0.3 is 14.6 Å². The Balaban J connectivity index is 1.86. The molecule has 24 heavy (non-hydrogen) atoms. The Morgan fingerprint density at radius 1 is 1.42 bits per heavy atom. The van der Waals surface area contributed by atoms with Crippen LogP contribution in [0.3, 0.4) is 0 Å². The second kappa shape index (κ2) is 6.99. The van der Waals surface area contributed by atoms with Crippen molar-refractivity contribution in [1.82, 2.24) is 9.88 Å². The quantitative estimate of drug-likeness (QED) is 0.827. The third-order valence-electron chi connectivity index (χ3n) is 5.06. The minimum atomic E-state index is -0.421. The van der Waals surface area contributed by atoms with Crippen LogP contribution < -0.4 is 5.56 Å². The molecule has 2 aliphatic heterocycles. The van der Waals surface area contributed by atoms with Crippen molar-refractivity contribution < 1.29 is 9.53 Å². The predicted octanol–water partition coefficient (Wildman–Crippen LogP) is 2.00. The molecule has 3 heterocycles. The van der Waals surface area contributed by atoms with Crippen LogP contribution in [0.1, 0.15) is 41.6 Å². The average Bonchev–Trinajstić information content (AvgIpc) is 2.61. The first kappa shape index (κ1) is 17.1. The summed E-state index contributed by atoms with van der Waals surface area (Å²) in [5, 5.41) is 9.73. The van der Waals surface area contributed by atoms with Crippen molar-refractivity contribution in [1.29, 1.82) is 5.26 Å². The molecule has 0 radical (unpaired) electrons. The summed E-state index contributed by atoms with van der Waals surface area (Å²) in [5.74, 6) is -0.272. The number of nitriles is 1. The number of hydrogen-bond acceptors (Lipinski definition) is 5. The zero-order chi connectivity index (χ0) is 17.2. The minimum Gasteiger partial charge on any atom is -0.381 e. The zero-order valence-electron chi connectivity index (χ0n) is 13.8. The molecule has 2 saturated heterocycles. The number of nitrogens with one attached hydrogen (secondary N) is 1. The van der Waals surface area contributed by atoms with Gasteiger partial charge in [0.1, 0.15) is 11.6 Å². The number of carbonyl (C=O) groups excluding carboxylic acids is 1. The van der Waals surface area contributed by atoms with Gasteiger partial charge in [-0.1, -0.05) is 0 Å². The van der Waals surface area contributed by atoms with Crippen molar-refractivity contribution >= 4 is 17.7 Å². The second-order valence-corrected chi connectivity index (χ2v) is 7.33. The van der Waals surface area contributed by atoms with Gasteiger partial charge in [-0.05, 0) is 43.4 Å². The van der Waals surface area contributed by atoms with Crippen LogP contribution in [0.15, 0.2) is 15.9 Å². The summed E-state index contributed by atoms with van der Waals surface area (Å²) < 4.78 is 5.46. The lowest BCUT2D eigenvalue weighted by atomic mass is 9.74. The number of aromatic amines is 1. The highest BCUT2D eigenvalue weighted by Crippen LogP contribution is 2.39. The highest BCUT2D eigenvalue weighted by atomic mass is 32.2. The number of H-pyrrole nitrogens is 1. The molecule has 3 rings (SSSR count). The second-order valence-electron chi connectivity index (χ2n) is 6.51. The van der Waals surface area contributed by atoms with Crippen molar-refractivity contribution in [3.63, 3.8) is 0 Å². The Morgan fingerprint density at radius 2 is 2.17 bits per heavy atom. The number of piperidine rings is 1. The summed E-state index contributed by atoms with van der Waals surface area (Å²) in [6, 6.07) is 3.48. The summed E-state index contributed by atoms with van der Waals surface area (Å²) in [6.45, 7) is 2.81. The van der Waals surface area contributed by atoms with Crippen LogP contribution in [0.5, 0.6) is 0 Å². The average molecular weight is 347 g/mol. The van der Waals surface area contributed by atoms with Crippen molar-refractivity contribution in [3.05, 3.63) is 27.5 Å². The summed E-state index contributed by atoms with van der Waals surface area (Å²) in [4.78, 5) is 29.6. The topological polar surface area (TPSA) is 86.2 Å². The molecule has 1 spiro atoms. The molecule has 7 heteroatoms. The lowest BCUT2D eigenvalue weighted by Gasteiger charge is -2.45. The standard InChI is InChI=1S/C17H21N3O3S/c1-24-15-12(10-18)9-13(14(21)19-15)16(22)20-6-2-3-17(11-20)4-7-23-8-5-17/h9H,2-8,11H2,1H3,(H,19,21). The van der Waals surface area contributed by atoms with Crippen LogP contribution in [0.25, 0.3) is 0 Å². The fraction of sp³-hybridized carbons (Fsp3) is 0.588. The molecule has 0 bridgehead atoms. The van der Waals surface area contributed by atoms with Crippen LogP contribution in [0.2, 0.25) is 0 Å². The summed E-state index contributed by atoms with van der Waals surface area (Å²) >= 11 is 1.29. The maximum Gasteiger partial charge on any atom is 0.261 e. The normalized spacial score (nSPS) is 19.9. The van der Waals surface area contributed by atoms with Crippen molar-refractivity contribution in [2.24, 2.45) is 5.41 Å². The molecule has 0 aliphatic carbocycles. The van der Waals surface area contributed by atoms with E-state index in [0.29, 0.717) is 23.7 Å². The molecule has 2 fully saturated rings. The molecule has 0 atom stereocenters. The molecule has 1 aromatic rings. The number of pyridine rings is 1. The van der Waals surface area contributed by atoms with E-state index >= 15 is 0 Å². The number of likely N-dealkylation sites (tertiary alicyclic amines) is 1. The van der Waals surface area contributed by atoms with Crippen LogP contribution in [0.4, 0.5) is 0 Å². The number of ether oxygens (including phenoxy) is 1. The monoisotopic (exact) mass is 347 g/mol. The Kier molecular flexibility index (Phi) is 4.97. The molecule has 6 nitrogen and oxygen atoms in total. The van der Waals surface area contributed by atoms with E-state index in [4.69, 9.17) is 4.74 Å². The van der Waals surface area contributed by atoms with E-state index in [-0.39, 0.29) is 16.9 Å². The summed E-state index contributed by atoms with van der Waals surface area (Å²) in [6.07, 6.45) is 5.75. The first-order valence-corrected chi connectivity index (χ1v) is 9.39. The number of amides is 1. The molecule has 1 N–H and O–H groups in total. The van der Waals surface area contributed by atoms with E-state index in [9.17, 15) is 14.9 Å². The van der Waals surface area contributed by atoms with Crippen molar-refractivity contribution in [2.45, 2.75) is 30.7 Å². The van der Waals surface area contributed by atoms with Crippen LogP contribution in [0, 0.1) is 16.7 Å². The number of rotatable bonds is 2. The van der Waals surface area contributed by atoms with E-state index in [0.717, 1.165) is 38.9 Å². The van der Waals surface area contributed by atoms with Gasteiger partial charge in [-0.15, -0.1) is 11.8 Å². The number of carbonyl (C=O) groups is 1. The maximum absolute atomic E-state index is 12.9. The summed E-state index contributed by atoms with van der Waals surface area (Å²) in [7, 11) is 0. The van der Waals surface area contributed by atoms with Crippen molar-refractivity contribution in [2.75, 3.05) is 32.6 Å². The molecule has 128 valence electrons. The molecule has 0 saturated carbocycles. The highest BCUT2D eigenvalue weighted by molar-refractivity contribution is 7.98. The minimum absolute atomic E-state index is 0.0634. The highest BCUT2D eigenvalue weighted by Gasteiger charge is 2.39. The predicted molar refractivity (Wildman–Crippen MR) is 91.2 cm³/mol. The van der Waals surface area contributed by atoms with E-state index in [2.05, 4.69) is 11.1 Å². The van der Waals surface area contributed by atoms with E-state index in [1.807, 2.05) is 0 Å². The van der Waals surface area contributed by atoms with Gasteiger partial charge in [-0.25, -0.2) is 0 Å². The molecular formula is C17H21N3O3S. The molecule has 2 aliphatic rings. The van der Waals surface area contributed by atoms with Gasteiger partial charge in [0, 0.05) is 26.3 Å². The van der Waals surface area contributed by atoms with E-state index in [1.54, 1.807) is 11.2 Å². The van der Waals surface area contributed by atoms with Gasteiger partial charge >= 0.3 is 0 Å². The number of thioether (sulfide) groups is 1. The molecule has 0 aromatic carbocycles. The van der Waals surface area contributed by atoms with Gasteiger partial charge in [0.2, 0.25) is 0 Å². The van der Waals surface area contributed by atoms with Gasteiger partial charge in [-0.3, -0.25) is 9.59 Å². The Bertz CT molecular complexity index is 726. The van der Waals surface area contributed by atoms with E-state index < -0.39 is 5.56 Å². The van der Waals surface area contributed by atoms with Gasteiger partial charge in [0.25, 0.3) is 11.5 Å². The third-order valence-corrected chi connectivity index (χ3v) is 5.79. The SMILES string of the molecule is CSc1[nH]c(=O)c(C(=O)N2CCCC3(CCOCC3)C2)cc1C#N. The fourth-order valence-corrected chi connectivity index (χ4v) is 4.20. The first-order chi connectivity index (χ1) is 11.6. The Labute approximate surface area is 145 Å². The number of aromatic nitrogens is 1. The number of nitrogens with zero attached hydrogens (tertiary/aromatic N) is 2. The molecular weight excluding hydrogens is 326 g/mol. The zero-order valence-corrected chi connectivity index (χ0v) is 14.6. The lowest BCUT2D eigenvalue weighted by molar-refractivity contribution is -0.0230. The summed E-state index contributed by atoms with van der Waals surface area (Å²) in [5.41, 5.74) is 0.0996. The smallest absolute Gasteiger partial charge is 0.261 e. The third kappa shape index (κ3) is 3.21. The van der Waals surface area contributed by atoms with Crippen LogP contribution in [-0.4, -0.2) is 48.4 Å². The van der Waals surface area contributed by atoms with Gasteiger partial charge in [0.15, 0.2) is 0 Å². The largest absolute Gasteiger partial charge is 0.381 e. The molecule has 1 amide bonds. The van der Waals surface area contributed by atoms with E-state index in [1.165, 1.54) is 17.8 Å². The molecule has 0 unspecified atom stereocenters. The van der Waals surface area contributed by atoms with Crippen molar-refractivity contribution in [3.8, 4) is 6.07 Å². The lowest BCUT2D eigenvalue weighted by Crippen LogP contribution is -2.49. The Morgan fingerprint density at radius 3 is 2.83 bits per heavy atom. The van der Waals surface area contributed by atoms with Gasteiger partial charge in [0.05, 0.1) is 10.6 Å². The van der Waals surface area contributed by atoms with Gasteiger partial charge in [-0.2, -0.15) is 5.26 Å². The van der Waals surface area contributed by atoms with Crippen LogP contribution in [-0.2, 0) is 4.74 Å². The van der Waals surface area contributed by atoms with Crippen LogP contribution >= 0.6 is 11.8 Å². The molecule has 1 aromatic heterocycles. The first-order valence-electron chi connectivity index (χ1n) is 8.17. The number of hydrogen-bond donors (Lipinski definition) is 1. The fourth-order valence-electron chi connectivity index (χ4n) is 3.68.